The van der Waals surface area contributed by atoms with Crippen LogP contribution in [0.5, 0.6) is 5.75 Å². The molecule has 0 unspecified atom stereocenters. The Hall–Kier alpha value is -3.45. The number of imidazole rings is 1. The van der Waals surface area contributed by atoms with Gasteiger partial charge in [-0.05, 0) is 69.2 Å². The van der Waals surface area contributed by atoms with Gasteiger partial charge in [-0.15, -0.1) is 0 Å². The monoisotopic (exact) mass is 744 g/mol. The largest absolute Gasteiger partial charge is 0.497 e. The van der Waals surface area contributed by atoms with Crippen LogP contribution in [0.15, 0.2) is 30.9 Å². The molecule has 14 nitrogen and oxygen atoms in total. The van der Waals surface area contributed by atoms with Crippen LogP contribution >= 0.6 is 0 Å². The molecular formula is C35H56N6O8Si2. The van der Waals surface area contributed by atoms with E-state index in [9.17, 15) is 14.9 Å². The molecule has 51 heavy (non-hydrogen) atoms. The highest BCUT2D eigenvalue weighted by molar-refractivity contribution is 6.74. The summed E-state index contributed by atoms with van der Waals surface area (Å²) in [4.78, 5) is 40.3. The van der Waals surface area contributed by atoms with Gasteiger partial charge in [0.25, 0.3) is 5.69 Å². The smallest absolute Gasteiger partial charge is 0.416 e. The van der Waals surface area contributed by atoms with Crippen LogP contribution in [0.25, 0.3) is 11.2 Å². The second kappa shape index (κ2) is 14.5. The SMILES string of the molecule is COc1ccc(CN(C(=O)OC(C)(C)C)c2ncnc3c2ncn3[C@H]2C[C@H](O[Si](C)(C)C(C)(C)C)[C@@H](CO[Si](C)(C)C(C)(C)C)O2)c([N+](=O)[O-])c1. The molecule has 1 aliphatic heterocycles. The van der Waals surface area contributed by atoms with Crippen molar-refractivity contribution in [3.05, 3.63) is 46.5 Å². The first-order valence-corrected chi connectivity index (χ1v) is 23.1. The maximum Gasteiger partial charge on any atom is 0.416 e. The Balaban J connectivity index is 1.75. The molecule has 0 N–H and O–H groups in total. The molecule has 0 radical (unpaired) electrons. The second-order valence-corrected chi connectivity index (χ2v) is 26.8. The van der Waals surface area contributed by atoms with E-state index in [1.54, 1.807) is 39.2 Å². The number of nitro benzene ring substituents is 1. The van der Waals surface area contributed by atoms with Crippen molar-refractivity contribution in [2.24, 2.45) is 0 Å². The third-order valence-corrected chi connectivity index (χ3v) is 19.2. The normalized spacial score (nSPS) is 19.0. The zero-order valence-electron chi connectivity index (χ0n) is 32.7. The van der Waals surface area contributed by atoms with E-state index in [2.05, 4.69) is 82.7 Å². The molecule has 1 aliphatic rings. The van der Waals surface area contributed by atoms with Crippen molar-refractivity contribution in [2.75, 3.05) is 18.6 Å². The number of anilines is 1. The summed E-state index contributed by atoms with van der Waals surface area (Å²) < 4.78 is 33.2. The summed E-state index contributed by atoms with van der Waals surface area (Å²) in [6.07, 6.45) is 1.71. The minimum Gasteiger partial charge on any atom is -0.497 e. The van der Waals surface area contributed by atoms with Crippen molar-refractivity contribution in [2.45, 2.75) is 136 Å². The molecule has 0 saturated carbocycles. The van der Waals surface area contributed by atoms with Crippen molar-refractivity contribution >= 4 is 45.4 Å². The summed E-state index contributed by atoms with van der Waals surface area (Å²) in [6.45, 7) is 27.6. The van der Waals surface area contributed by atoms with Gasteiger partial charge in [0.05, 0.1) is 49.2 Å². The van der Waals surface area contributed by atoms with E-state index in [1.807, 2.05) is 4.57 Å². The number of carbonyl (C=O) groups is 1. The fourth-order valence-electron chi connectivity index (χ4n) is 5.14. The number of hydrogen-bond donors (Lipinski definition) is 0. The van der Waals surface area contributed by atoms with Crippen LogP contribution < -0.4 is 9.64 Å². The number of methoxy groups -OCH3 is 1. The molecule has 4 rings (SSSR count). The summed E-state index contributed by atoms with van der Waals surface area (Å²) in [5, 5.41) is 12.1. The van der Waals surface area contributed by atoms with Gasteiger partial charge >= 0.3 is 6.09 Å². The summed E-state index contributed by atoms with van der Waals surface area (Å²) in [7, 11) is -2.85. The van der Waals surface area contributed by atoms with Gasteiger partial charge in [0.15, 0.2) is 33.6 Å². The molecule has 3 heterocycles. The van der Waals surface area contributed by atoms with Gasteiger partial charge in [-0.2, -0.15) is 0 Å². The standard InChI is InChI=1S/C35H56N6O8Si2/c1-33(2,3)48-32(42)39(19-23-15-16-24(45-10)17-25(23)41(43)44)30-29-31(37-21-36-30)40(22-38-29)28-18-26(49-51(13,14)35(7,8)9)27(47-28)20-46-50(11,12)34(4,5)6/h15-17,21-22,26-28H,18-20H2,1-14H3/t26-,27+,28+/m0/s1. The summed E-state index contributed by atoms with van der Waals surface area (Å²) in [5.41, 5.74) is -0.0693. The predicted octanol–water partition coefficient (Wildman–Crippen LogP) is 8.38. The van der Waals surface area contributed by atoms with Crippen LogP contribution in [0.2, 0.25) is 36.3 Å². The molecule has 3 aromatic rings. The number of amides is 1. The molecule has 3 atom stereocenters. The number of ether oxygens (including phenoxy) is 3. The van der Waals surface area contributed by atoms with Gasteiger partial charge in [0.1, 0.15) is 30.0 Å². The Morgan fingerprint density at radius 1 is 1.02 bits per heavy atom. The highest BCUT2D eigenvalue weighted by atomic mass is 28.4. The average Bonchev–Trinajstić information content (AvgIpc) is 3.60. The summed E-state index contributed by atoms with van der Waals surface area (Å²) in [5.74, 6) is 0.459. The quantitative estimate of drug-likeness (QED) is 0.106. The van der Waals surface area contributed by atoms with Gasteiger partial charge in [-0.25, -0.2) is 19.7 Å². The van der Waals surface area contributed by atoms with Crippen LogP contribution in [0.3, 0.4) is 0 Å². The third kappa shape index (κ3) is 9.14. The van der Waals surface area contributed by atoms with Crippen LogP contribution in [0.1, 0.15) is 80.5 Å². The lowest BCUT2D eigenvalue weighted by Crippen LogP contribution is -2.48. The number of hydrogen-bond acceptors (Lipinski definition) is 11. The zero-order chi connectivity index (χ0) is 38.3. The number of benzene rings is 1. The number of nitro groups is 1. The highest BCUT2D eigenvalue weighted by Crippen LogP contribution is 2.43. The van der Waals surface area contributed by atoms with E-state index in [1.165, 1.54) is 24.4 Å². The predicted molar refractivity (Wildman–Crippen MR) is 201 cm³/mol. The number of carbonyl (C=O) groups excluding carboxylic acids is 1. The van der Waals surface area contributed by atoms with Crippen LogP contribution in [-0.2, 0) is 24.9 Å². The fraction of sp³-hybridized carbons (Fsp3) is 0.657. The summed E-state index contributed by atoms with van der Waals surface area (Å²) in [6, 6.07) is 4.47. The molecule has 1 saturated heterocycles. The maximum atomic E-state index is 13.8. The van der Waals surface area contributed by atoms with Gasteiger partial charge in [-0.3, -0.25) is 19.6 Å². The first kappa shape index (κ1) is 40.3. The van der Waals surface area contributed by atoms with Gasteiger partial charge in [-0.1, -0.05) is 41.5 Å². The van der Waals surface area contributed by atoms with E-state index in [4.69, 9.17) is 23.1 Å². The fourth-order valence-corrected chi connectivity index (χ4v) is 7.52. The van der Waals surface area contributed by atoms with E-state index in [0.717, 1.165) is 0 Å². The van der Waals surface area contributed by atoms with Crippen molar-refractivity contribution < 1.29 is 32.8 Å². The second-order valence-electron chi connectivity index (χ2n) is 17.2. The minimum atomic E-state index is -2.19. The number of aromatic nitrogens is 4. The Kier molecular flexibility index (Phi) is 11.5. The first-order valence-electron chi connectivity index (χ1n) is 17.3. The Morgan fingerprint density at radius 2 is 1.67 bits per heavy atom. The molecule has 1 aromatic carbocycles. The Labute approximate surface area is 303 Å². The zero-order valence-corrected chi connectivity index (χ0v) is 34.7. The van der Waals surface area contributed by atoms with E-state index in [0.29, 0.717) is 29.9 Å². The van der Waals surface area contributed by atoms with Crippen LogP contribution in [-0.4, -0.2) is 78.7 Å². The Bertz CT molecular complexity index is 1730. The molecule has 0 bridgehead atoms. The Morgan fingerprint density at radius 3 is 2.24 bits per heavy atom. The molecule has 0 spiro atoms. The number of nitrogens with zero attached hydrogens (tertiary/aromatic N) is 6. The summed E-state index contributed by atoms with van der Waals surface area (Å²) >= 11 is 0. The lowest BCUT2D eigenvalue weighted by molar-refractivity contribution is -0.385. The van der Waals surface area contributed by atoms with Crippen molar-refractivity contribution in [3.63, 3.8) is 0 Å². The topological polar surface area (TPSA) is 153 Å². The van der Waals surface area contributed by atoms with Gasteiger partial charge < -0.3 is 23.1 Å². The molecule has 282 valence electrons. The van der Waals surface area contributed by atoms with E-state index in [-0.39, 0.29) is 45.9 Å². The molecule has 2 aromatic heterocycles. The van der Waals surface area contributed by atoms with Crippen LogP contribution in [0, 0.1) is 10.1 Å². The van der Waals surface area contributed by atoms with Crippen molar-refractivity contribution in [1.82, 2.24) is 19.5 Å². The number of fused-ring (bicyclic) bond motifs is 1. The van der Waals surface area contributed by atoms with Crippen molar-refractivity contribution in [3.8, 4) is 5.75 Å². The lowest BCUT2D eigenvalue weighted by atomic mass is 10.1. The molecule has 1 amide bonds. The average molecular weight is 745 g/mol. The highest BCUT2D eigenvalue weighted by Gasteiger charge is 2.47. The maximum absolute atomic E-state index is 13.8. The minimum absolute atomic E-state index is 0.0101. The number of rotatable bonds is 11. The van der Waals surface area contributed by atoms with Gasteiger partial charge in [0.2, 0.25) is 0 Å². The first-order chi connectivity index (χ1) is 23.3. The molecular weight excluding hydrogens is 689 g/mol. The lowest BCUT2D eigenvalue weighted by Gasteiger charge is -2.40. The van der Waals surface area contributed by atoms with Crippen molar-refractivity contribution in [1.29, 1.82) is 0 Å². The van der Waals surface area contributed by atoms with E-state index < -0.39 is 39.5 Å². The molecule has 1 fully saturated rings. The third-order valence-electron chi connectivity index (χ3n) is 10.2. The van der Waals surface area contributed by atoms with Gasteiger partial charge in [0, 0.05) is 6.42 Å². The van der Waals surface area contributed by atoms with Crippen LogP contribution in [0.4, 0.5) is 16.3 Å². The molecule has 0 aliphatic carbocycles. The molecule has 16 heteroatoms. The van der Waals surface area contributed by atoms with E-state index >= 15 is 0 Å².